The molecule has 1 aliphatic heterocycles. The summed E-state index contributed by atoms with van der Waals surface area (Å²) in [7, 11) is 1.67. The first-order valence-corrected chi connectivity index (χ1v) is 11.6. The third-order valence-electron chi connectivity index (χ3n) is 6.01. The molecule has 0 atom stereocenters. The fourth-order valence-corrected chi connectivity index (χ4v) is 4.24. The molecule has 8 nitrogen and oxygen atoms in total. The second kappa shape index (κ2) is 9.82. The van der Waals surface area contributed by atoms with Crippen LogP contribution < -0.4 is 15.4 Å². The highest BCUT2D eigenvalue weighted by molar-refractivity contribution is 5.78. The van der Waals surface area contributed by atoms with Crippen molar-refractivity contribution in [3.05, 3.63) is 67.0 Å². The molecule has 2 aromatic heterocycles. The molecule has 0 saturated carbocycles. The molecule has 8 heteroatoms. The standard InChI is InChI=1S/C26H28N6O2/c1-34-23-17-19(10-11-21(23)27-12-6-15-31-14-5-9-25(31)33)22-18-24-28-13-16-32(24)26(30-22)29-20-7-3-2-4-8-20/h2-4,7-8,10-11,13,16-18,27H,5-6,9,12,14-15H2,1H3,(H,29,30). The molecule has 1 saturated heterocycles. The molecule has 0 bridgehead atoms. The number of likely N-dealkylation sites (tertiary alicyclic amines) is 1. The minimum atomic E-state index is 0.269. The quantitative estimate of drug-likeness (QED) is 0.359. The number of rotatable bonds is 9. The van der Waals surface area contributed by atoms with Crippen molar-refractivity contribution in [2.75, 3.05) is 37.4 Å². The smallest absolute Gasteiger partial charge is 0.222 e. The van der Waals surface area contributed by atoms with Crippen molar-refractivity contribution in [3.8, 4) is 17.0 Å². The Morgan fingerprint density at radius 1 is 1.12 bits per heavy atom. The number of hydrogen-bond acceptors (Lipinski definition) is 6. The zero-order valence-electron chi connectivity index (χ0n) is 19.2. The van der Waals surface area contributed by atoms with E-state index in [0.29, 0.717) is 12.4 Å². The van der Waals surface area contributed by atoms with Gasteiger partial charge in [-0.15, -0.1) is 0 Å². The van der Waals surface area contributed by atoms with Gasteiger partial charge in [0.2, 0.25) is 11.9 Å². The summed E-state index contributed by atoms with van der Waals surface area (Å²) in [6.07, 6.45) is 6.21. The monoisotopic (exact) mass is 456 g/mol. The number of carbonyl (C=O) groups is 1. The van der Waals surface area contributed by atoms with Gasteiger partial charge < -0.3 is 20.3 Å². The van der Waals surface area contributed by atoms with Gasteiger partial charge in [0.15, 0.2) is 0 Å². The van der Waals surface area contributed by atoms with Crippen molar-refractivity contribution in [1.82, 2.24) is 19.3 Å². The highest BCUT2D eigenvalue weighted by Gasteiger charge is 2.19. The number of imidazole rings is 1. The molecule has 4 aromatic rings. The van der Waals surface area contributed by atoms with Crippen LogP contribution in [0.15, 0.2) is 67.0 Å². The predicted molar refractivity (Wildman–Crippen MR) is 134 cm³/mol. The number of nitrogens with zero attached hydrogens (tertiary/aromatic N) is 4. The van der Waals surface area contributed by atoms with Crippen LogP contribution in [-0.4, -0.2) is 51.9 Å². The third-order valence-corrected chi connectivity index (χ3v) is 6.01. The number of methoxy groups -OCH3 is 1. The van der Waals surface area contributed by atoms with Gasteiger partial charge in [0.25, 0.3) is 0 Å². The molecule has 0 radical (unpaired) electrons. The molecular weight excluding hydrogens is 428 g/mol. The minimum absolute atomic E-state index is 0.269. The van der Waals surface area contributed by atoms with Crippen LogP contribution >= 0.6 is 0 Å². The Balaban J connectivity index is 1.34. The number of nitrogens with one attached hydrogen (secondary N) is 2. The van der Waals surface area contributed by atoms with E-state index >= 15 is 0 Å². The average molecular weight is 457 g/mol. The van der Waals surface area contributed by atoms with Crippen molar-refractivity contribution in [2.45, 2.75) is 19.3 Å². The first-order valence-electron chi connectivity index (χ1n) is 11.6. The molecule has 0 unspecified atom stereocenters. The topological polar surface area (TPSA) is 83.8 Å². The van der Waals surface area contributed by atoms with Gasteiger partial charge >= 0.3 is 0 Å². The Morgan fingerprint density at radius 2 is 2.00 bits per heavy atom. The number of aromatic nitrogens is 3. The number of hydrogen-bond donors (Lipinski definition) is 2. The molecule has 2 N–H and O–H groups in total. The third kappa shape index (κ3) is 4.66. The maximum Gasteiger partial charge on any atom is 0.222 e. The van der Waals surface area contributed by atoms with Crippen LogP contribution in [-0.2, 0) is 4.79 Å². The second-order valence-corrected chi connectivity index (χ2v) is 8.29. The van der Waals surface area contributed by atoms with Crippen molar-refractivity contribution in [1.29, 1.82) is 0 Å². The fraction of sp³-hybridized carbons (Fsp3) is 0.269. The van der Waals surface area contributed by atoms with E-state index in [-0.39, 0.29) is 5.91 Å². The van der Waals surface area contributed by atoms with Crippen LogP contribution in [0.3, 0.4) is 0 Å². The summed E-state index contributed by atoms with van der Waals surface area (Å²) in [5.74, 6) is 1.70. The molecule has 0 spiro atoms. The van der Waals surface area contributed by atoms with Gasteiger partial charge in [-0.1, -0.05) is 24.3 Å². The lowest BCUT2D eigenvalue weighted by Crippen LogP contribution is -2.27. The van der Waals surface area contributed by atoms with E-state index in [9.17, 15) is 4.79 Å². The van der Waals surface area contributed by atoms with Crippen molar-refractivity contribution >= 4 is 28.9 Å². The van der Waals surface area contributed by atoms with Crippen molar-refractivity contribution in [2.24, 2.45) is 0 Å². The molecule has 3 heterocycles. The number of ether oxygens (including phenoxy) is 1. The molecule has 5 rings (SSSR count). The van der Waals surface area contributed by atoms with E-state index in [1.165, 1.54) is 0 Å². The van der Waals surface area contributed by atoms with E-state index in [4.69, 9.17) is 9.72 Å². The zero-order chi connectivity index (χ0) is 23.3. The van der Waals surface area contributed by atoms with Crippen LogP contribution in [0.5, 0.6) is 5.75 Å². The lowest BCUT2D eigenvalue weighted by Gasteiger charge is -2.17. The van der Waals surface area contributed by atoms with Gasteiger partial charge in [0.05, 0.1) is 18.5 Å². The maximum absolute atomic E-state index is 11.8. The molecule has 1 fully saturated rings. The highest BCUT2D eigenvalue weighted by atomic mass is 16.5. The number of amides is 1. The highest BCUT2D eigenvalue weighted by Crippen LogP contribution is 2.31. The van der Waals surface area contributed by atoms with Crippen LogP contribution in [0.1, 0.15) is 19.3 Å². The Bertz CT molecular complexity index is 1290. The summed E-state index contributed by atoms with van der Waals surface area (Å²) >= 11 is 0. The fourth-order valence-electron chi connectivity index (χ4n) is 4.24. The van der Waals surface area contributed by atoms with Crippen LogP contribution in [0, 0.1) is 0 Å². The number of carbonyl (C=O) groups excluding carboxylic acids is 1. The Morgan fingerprint density at radius 3 is 2.79 bits per heavy atom. The number of fused-ring (bicyclic) bond motifs is 1. The van der Waals surface area contributed by atoms with E-state index in [0.717, 1.165) is 66.5 Å². The molecule has 2 aromatic carbocycles. The molecule has 1 amide bonds. The summed E-state index contributed by atoms with van der Waals surface area (Å²) in [5, 5.41) is 6.82. The normalized spacial score (nSPS) is 13.4. The first-order chi connectivity index (χ1) is 16.7. The largest absolute Gasteiger partial charge is 0.495 e. The van der Waals surface area contributed by atoms with Crippen molar-refractivity contribution in [3.63, 3.8) is 0 Å². The number of anilines is 3. The summed E-state index contributed by atoms with van der Waals surface area (Å²) in [6, 6.07) is 17.9. The zero-order valence-corrected chi connectivity index (χ0v) is 19.2. The van der Waals surface area contributed by atoms with Gasteiger partial charge in [0.1, 0.15) is 11.4 Å². The average Bonchev–Trinajstić information content (AvgIpc) is 3.51. The SMILES string of the molecule is COc1cc(-c2cc3nccn3c(Nc3ccccc3)n2)ccc1NCCCN1CCCC1=O. The number of benzene rings is 2. The van der Waals surface area contributed by atoms with E-state index < -0.39 is 0 Å². The predicted octanol–water partition coefficient (Wildman–Crippen LogP) is 4.57. The summed E-state index contributed by atoms with van der Waals surface area (Å²) in [5.41, 5.74) is 4.42. The second-order valence-electron chi connectivity index (χ2n) is 8.29. The minimum Gasteiger partial charge on any atom is -0.495 e. The number of para-hydroxylation sites is 1. The molecule has 34 heavy (non-hydrogen) atoms. The van der Waals surface area contributed by atoms with E-state index in [1.54, 1.807) is 13.3 Å². The van der Waals surface area contributed by atoms with Crippen LogP contribution in [0.4, 0.5) is 17.3 Å². The summed E-state index contributed by atoms with van der Waals surface area (Å²) < 4.78 is 7.59. The molecule has 174 valence electrons. The van der Waals surface area contributed by atoms with Gasteiger partial charge in [-0.2, -0.15) is 0 Å². The summed E-state index contributed by atoms with van der Waals surface area (Å²) in [4.78, 5) is 23.1. The van der Waals surface area contributed by atoms with Crippen molar-refractivity contribution < 1.29 is 9.53 Å². The maximum atomic E-state index is 11.8. The van der Waals surface area contributed by atoms with Gasteiger partial charge in [-0.05, 0) is 37.1 Å². The van der Waals surface area contributed by atoms with Crippen LogP contribution in [0.25, 0.3) is 16.9 Å². The van der Waals surface area contributed by atoms with Gasteiger partial charge in [-0.3, -0.25) is 9.20 Å². The lowest BCUT2D eigenvalue weighted by atomic mass is 10.1. The Labute approximate surface area is 198 Å². The van der Waals surface area contributed by atoms with Crippen LogP contribution in [0.2, 0.25) is 0 Å². The van der Waals surface area contributed by atoms with Gasteiger partial charge in [-0.25, -0.2) is 9.97 Å². The summed E-state index contributed by atoms with van der Waals surface area (Å²) in [6.45, 7) is 2.44. The molecular formula is C26H28N6O2. The Hall–Kier alpha value is -4.07. The Kier molecular flexibility index (Phi) is 6.29. The van der Waals surface area contributed by atoms with E-state index in [2.05, 4.69) is 15.6 Å². The van der Waals surface area contributed by atoms with E-state index in [1.807, 2.05) is 70.1 Å². The first kappa shape index (κ1) is 21.8. The van der Waals surface area contributed by atoms with Gasteiger partial charge in [0, 0.05) is 55.8 Å². The molecule has 0 aliphatic carbocycles. The lowest BCUT2D eigenvalue weighted by molar-refractivity contribution is -0.127. The molecule has 1 aliphatic rings.